The highest BCUT2D eigenvalue weighted by Crippen LogP contribution is 2.23. The molecular weight excluding hydrogens is 275 g/mol. The molecule has 1 fully saturated rings. The van der Waals surface area contributed by atoms with Crippen molar-refractivity contribution < 1.29 is 19.1 Å². The number of carboxylic acid groups (broad SMARTS) is 1. The number of aliphatic carboxylic acids is 1. The van der Waals surface area contributed by atoms with Gasteiger partial charge in [-0.15, -0.1) is 0 Å². The lowest BCUT2D eigenvalue weighted by Gasteiger charge is -2.36. The van der Waals surface area contributed by atoms with Crippen molar-refractivity contribution in [3.8, 4) is 0 Å². The van der Waals surface area contributed by atoms with Crippen molar-refractivity contribution in [2.24, 2.45) is 5.92 Å². The summed E-state index contributed by atoms with van der Waals surface area (Å²) in [5.74, 6) is -1.65. The summed E-state index contributed by atoms with van der Waals surface area (Å²) in [6.07, 6.45) is 1.72. The van der Waals surface area contributed by atoms with E-state index in [-0.39, 0.29) is 18.4 Å². The Morgan fingerprint density at radius 2 is 2.24 bits per heavy atom. The van der Waals surface area contributed by atoms with Crippen LogP contribution in [0.1, 0.15) is 19.8 Å². The molecule has 2 unspecified atom stereocenters. The fourth-order valence-corrected chi connectivity index (χ4v) is 2.80. The molecular formula is C15H19FN2O3. The van der Waals surface area contributed by atoms with Crippen LogP contribution in [0.4, 0.5) is 10.1 Å². The first-order valence-corrected chi connectivity index (χ1v) is 6.99. The van der Waals surface area contributed by atoms with Gasteiger partial charge >= 0.3 is 5.97 Å². The topological polar surface area (TPSA) is 69.6 Å². The maximum Gasteiger partial charge on any atom is 0.321 e. The first-order chi connectivity index (χ1) is 9.97. The number of nitrogens with one attached hydrogen (secondary N) is 1. The van der Waals surface area contributed by atoms with Gasteiger partial charge in [-0.3, -0.25) is 14.5 Å². The fourth-order valence-electron chi connectivity index (χ4n) is 2.80. The van der Waals surface area contributed by atoms with E-state index in [9.17, 15) is 19.1 Å². The van der Waals surface area contributed by atoms with E-state index in [1.807, 2.05) is 6.92 Å². The summed E-state index contributed by atoms with van der Waals surface area (Å²) in [5, 5.41) is 11.9. The zero-order valence-corrected chi connectivity index (χ0v) is 11.9. The molecule has 2 rings (SSSR count). The molecule has 5 nitrogen and oxygen atoms in total. The predicted octanol–water partition coefficient (Wildman–Crippen LogP) is 1.95. The van der Waals surface area contributed by atoms with Gasteiger partial charge in [0, 0.05) is 5.69 Å². The number of likely N-dealkylation sites (tertiary alicyclic amines) is 1. The summed E-state index contributed by atoms with van der Waals surface area (Å²) in [5.41, 5.74) is 0.372. The highest BCUT2D eigenvalue weighted by Gasteiger charge is 2.34. The van der Waals surface area contributed by atoms with Gasteiger partial charge in [0.1, 0.15) is 11.9 Å². The quantitative estimate of drug-likeness (QED) is 0.890. The van der Waals surface area contributed by atoms with Gasteiger partial charge in [-0.2, -0.15) is 0 Å². The zero-order valence-electron chi connectivity index (χ0n) is 11.9. The van der Waals surface area contributed by atoms with Crippen molar-refractivity contribution in [2.45, 2.75) is 25.8 Å². The van der Waals surface area contributed by atoms with E-state index in [4.69, 9.17) is 0 Å². The molecule has 0 radical (unpaired) electrons. The summed E-state index contributed by atoms with van der Waals surface area (Å²) < 4.78 is 13.1. The molecule has 1 aromatic carbocycles. The molecule has 21 heavy (non-hydrogen) atoms. The standard InChI is InChI=1S/C15H19FN2O3/c1-10-4-3-7-18(14(10)15(20)21)9-13(19)17-12-6-2-5-11(16)8-12/h2,5-6,8,10,14H,3-4,7,9H2,1H3,(H,17,19)(H,20,21). The monoisotopic (exact) mass is 294 g/mol. The van der Waals surface area contributed by atoms with Crippen molar-refractivity contribution in [1.82, 2.24) is 4.90 Å². The number of piperidine rings is 1. The number of amides is 1. The van der Waals surface area contributed by atoms with Crippen molar-refractivity contribution in [1.29, 1.82) is 0 Å². The Hall–Kier alpha value is -1.95. The Morgan fingerprint density at radius 3 is 2.90 bits per heavy atom. The van der Waals surface area contributed by atoms with Crippen LogP contribution < -0.4 is 5.32 Å². The minimum absolute atomic E-state index is 0.00216. The van der Waals surface area contributed by atoms with Crippen LogP contribution in [0.3, 0.4) is 0 Å². The second-order valence-corrected chi connectivity index (χ2v) is 5.43. The predicted molar refractivity (Wildman–Crippen MR) is 76.4 cm³/mol. The first-order valence-electron chi connectivity index (χ1n) is 6.99. The molecule has 1 amide bonds. The molecule has 2 atom stereocenters. The van der Waals surface area contributed by atoms with Crippen LogP contribution in [0.25, 0.3) is 0 Å². The van der Waals surface area contributed by atoms with Crippen LogP contribution in [0, 0.1) is 11.7 Å². The lowest BCUT2D eigenvalue weighted by atomic mass is 9.91. The van der Waals surface area contributed by atoms with E-state index < -0.39 is 17.8 Å². The van der Waals surface area contributed by atoms with Gasteiger partial charge in [-0.05, 0) is 43.5 Å². The lowest BCUT2D eigenvalue weighted by Crippen LogP contribution is -2.51. The van der Waals surface area contributed by atoms with E-state index in [1.54, 1.807) is 11.0 Å². The van der Waals surface area contributed by atoms with Gasteiger partial charge in [0.05, 0.1) is 6.54 Å². The molecule has 1 aliphatic heterocycles. The van der Waals surface area contributed by atoms with E-state index in [1.165, 1.54) is 18.2 Å². The number of hydrogen-bond donors (Lipinski definition) is 2. The summed E-state index contributed by atoms with van der Waals surface area (Å²) >= 11 is 0. The van der Waals surface area contributed by atoms with Gasteiger partial charge in [-0.1, -0.05) is 13.0 Å². The van der Waals surface area contributed by atoms with Crippen molar-refractivity contribution >= 4 is 17.6 Å². The van der Waals surface area contributed by atoms with Crippen LogP contribution >= 0.6 is 0 Å². The average molecular weight is 294 g/mol. The van der Waals surface area contributed by atoms with E-state index in [0.29, 0.717) is 12.2 Å². The molecule has 0 aromatic heterocycles. The molecule has 114 valence electrons. The molecule has 0 bridgehead atoms. The van der Waals surface area contributed by atoms with Crippen LogP contribution in [-0.4, -0.2) is 41.0 Å². The largest absolute Gasteiger partial charge is 0.480 e. The van der Waals surface area contributed by atoms with Gasteiger partial charge in [-0.25, -0.2) is 4.39 Å². The average Bonchev–Trinajstić information content (AvgIpc) is 2.37. The van der Waals surface area contributed by atoms with Crippen LogP contribution in [0.5, 0.6) is 0 Å². The second kappa shape index (κ2) is 6.67. The highest BCUT2D eigenvalue weighted by molar-refractivity contribution is 5.92. The molecule has 1 aromatic rings. The van der Waals surface area contributed by atoms with Crippen molar-refractivity contribution in [3.63, 3.8) is 0 Å². The molecule has 0 saturated carbocycles. The highest BCUT2D eigenvalue weighted by atomic mass is 19.1. The second-order valence-electron chi connectivity index (χ2n) is 5.43. The van der Waals surface area contributed by atoms with Crippen LogP contribution in [0.2, 0.25) is 0 Å². The Labute approximate surface area is 122 Å². The van der Waals surface area contributed by atoms with Crippen molar-refractivity contribution in [3.05, 3.63) is 30.1 Å². The molecule has 1 aliphatic rings. The zero-order chi connectivity index (χ0) is 15.4. The number of carboxylic acids is 1. The smallest absolute Gasteiger partial charge is 0.321 e. The maximum absolute atomic E-state index is 13.1. The summed E-state index contributed by atoms with van der Waals surface area (Å²) in [6.45, 7) is 2.46. The number of hydrogen-bond acceptors (Lipinski definition) is 3. The normalized spacial score (nSPS) is 22.8. The third-order valence-corrected chi connectivity index (χ3v) is 3.75. The third kappa shape index (κ3) is 4.01. The summed E-state index contributed by atoms with van der Waals surface area (Å²) in [6, 6.07) is 4.98. The molecule has 0 aliphatic carbocycles. The first kappa shape index (κ1) is 15.4. The van der Waals surface area contributed by atoms with Gasteiger partial charge < -0.3 is 10.4 Å². The molecule has 1 saturated heterocycles. The Balaban J connectivity index is 1.99. The van der Waals surface area contributed by atoms with E-state index >= 15 is 0 Å². The minimum atomic E-state index is -0.902. The lowest BCUT2D eigenvalue weighted by molar-refractivity contribution is -0.147. The number of rotatable bonds is 4. The molecule has 0 spiro atoms. The molecule has 1 heterocycles. The summed E-state index contributed by atoms with van der Waals surface area (Å²) in [4.78, 5) is 25.0. The number of nitrogens with zero attached hydrogens (tertiary/aromatic N) is 1. The summed E-state index contributed by atoms with van der Waals surface area (Å²) in [7, 11) is 0. The van der Waals surface area contributed by atoms with E-state index in [0.717, 1.165) is 12.8 Å². The fraction of sp³-hybridized carbons (Fsp3) is 0.467. The Bertz CT molecular complexity index is 535. The maximum atomic E-state index is 13.1. The SMILES string of the molecule is CC1CCCN(CC(=O)Nc2cccc(F)c2)C1C(=O)O. The Kier molecular flexibility index (Phi) is 4.90. The van der Waals surface area contributed by atoms with Crippen molar-refractivity contribution in [2.75, 3.05) is 18.4 Å². The van der Waals surface area contributed by atoms with Crippen LogP contribution in [-0.2, 0) is 9.59 Å². The number of anilines is 1. The van der Waals surface area contributed by atoms with Gasteiger partial charge in [0.2, 0.25) is 5.91 Å². The minimum Gasteiger partial charge on any atom is -0.480 e. The Morgan fingerprint density at radius 1 is 1.48 bits per heavy atom. The third-order valence-electron chi connectivity index (χ3n) is 3.75. The van der Waals surface area contributed by atoms with E-state index in [2.05, 4.69) is 5.32 Å². The molecule has 2 N–H and O–H groups in total. The van der Waals surface area contributed by atoms with Crippen LogP contribution in [0.15, 0.2) is 24.3 Å². The van der Waals surface area contributed by atoms with Gasteiger partial charge in [0.25, 0.3) is 0 Å². The number of carbonyl (C=O) groups excluding carboxylic acids is 1. The number of carbonyl (C=O) groups is 2. The number of benzene rings is 1. The number of halogens is 1. The molecule has 6 heteroatoms. The van der Waals surface area contributed by atoms with Gasteiger partial charge in [0.15, 0.2) is 0 Å².